The first-order valence-electron chi connectivity index (χ1n) is 31.3. The summed E-state index contributed by atoms with van der Waals surface area (Å²) in [6.07, 6.45) is 11.1. The molecule has 388 valence electrons. The molecule has 4 amide bonds. The zero-order valence-corrected chi connectivity index (χ0v) is 39.4. The highest BCUT2D eigenvalue weighted by Crippen LogP contribution is 2.43. The highest BCUT2D eigenvalue weighted by molar-refractivity contribution is 5.92. The van der Waals surface area contributed by atoms with Gasteiger partial charge in [-0.15, -0.1) is 0 Å². The van der Waals surface area contributed by atoms with E-state index >= 15 is 0 Å². The molecule has 71 heavy (non-hydrogen) atoms. The number of carbonyl (C=O) groups excluding carboxylic acids is 2. The first kappa shape index (κ1) is 39.2. The van der Waals surface area contributed by atoms with Gasteiger partial charge in [-0.05, 0) is 117 Å². The largest absolute Gasteiger partial charge is 0.435 e. The zero-order valence-electron chi connectivity index (χ0n) is 55.4. The van der Waals surface area contributed by atoms with Crippen LogP contribution in [0.4, 0.5) is 61.8 Å². The molecule has 2 saturated carbocycles. The number of hydrogen-bond donors (Lipinski definition) is 5. The van der Waals surface area contributed by atoms with Crippen LogP contribution in [0.5, 0.6) is 11.5 Å². The summed E-state index contributed by atoms with van der Waals surface area (Å²) in [5, 5.41) is 15.9. The van der Waals surface area contributed by atoms with Crippen molar-refractivity contribution < 1.29 is 61.8 Å². The number of piperazine rings is 2. The number of benzene rings is 4. The molecule has 4 aromatic carbocycles. The lowest BCUT2D eigenvalue weighted by Crippen LogP contribution is -2.55. The van der Waals surface area contributed by atoms with E-state index in [1.807, 2.05) is 60.0 Å². The number of alkyl halides is 4. The summed E-state index contributed by atoms with van der Waals surface area (Å²) in [5.41, 5.74) is 8.18. The number of likely N-dealkylation sites (N-methyl/N-ethyl adjacent to an activating group) is 1. The minimum absolute atomic E-state index is 0. The number of amides is 4. The number of carbonyl (C=O) groups is 2. The summed E-state index contributed by atoms with van der Waals surface area (Å²) in [7, 11) is 2.14. The van der Waals surface area contributed by atoms with Gasteiger partial charge in [0.25, 0.3) is 0 Å². The van der Waals surface area contributed by atoms with Crippen molar-refractivity contribution in [2.45, 2.75) is 63.8 Å². The second-order valence-corrected chi connectivity index (χ2v) is 18.3. The first-order valence-corrected chi connectivity index (χ1v) is 23.3. The van der Waals surface area contributed by atoms with E-state index in [0.29, 0.717) is 25.0 Å². The zero-order chi connectivity index (χ0) is 65.7. The molecule has 2 saturated heterocycles. The maximum Gasteiger partial charge on any atom is 0.387 e. The van der Waals surface area contributed by atoms with Crippen LogP contribution in [-0.2, 0) is 0 Å². The van der Waals surface area contributed by atoms with Gasteiger partial charge in [-0.1, -0.05) is 36.4 Å². The molecule has 4 aliphatic rings. The van der Waals surface area contributed by atoms with Gasteiger partial charge in [-0.25, -0.2) is 29.5 Å². The molecule has 16 nitrogen and oxygen atoms in total. The molecule has 5 N–H and O–H groups in total. The Morgan fingerprint density at radius 1 is 0.620 bits per heavy atom. The van der Waals surface area contributed by atoms with Gasteiger partial charge in [0.1, 0.15) is 11.5 Å². The average molecular weight is 1010 g/mol. The van der Waals surface area contributed by atoms with Crippen molar-refractivity contribution in [3.8, 4) is 33.8 Å². The number of ether oxygens (including phenoxy) is 2. The van der Waals surface area contributed by atoms with Gasteiger partial charge >= 0.3 is 25.3 Å². The van der Waals surface area contributed by atoms with Gasteiger partial charge in [-0.3, -0.25) is 4.90 Å². The van der Waals surface area contributed by atoms with E-state index in [4.69, 9.17) is 23.8 Å². The molecule has 6 aromatic rings. The first-order chi connectivity index (χ1) is 42.2. The van der Waals surface area contributed by atoms with Crippen molar-refractivity contribution >= 4 is 46.7 Å². The van der Waals surface area contributed by atoms with Crippen LogP contribution in [0.2, 0.25) is 0 Å². The molecule has 20 heteroatoms. The number of aromatic nitrogens is 4. The van der Waals surface area contributed by atoms with Gasteiger partial charge < -0.3 is 45.9 Å². The van der Waals surface area contributed by atoms with Crippen LogP contribution in [0, 0.1) is 13.8 Å². The molecule has 2 aliphatic heterocycles. The van der Waals surface area contributed by atoms with Crippen molar-refractivity contribution in [1.82, 2.24) is 40.0 Å². The lowest BCUT2D eigenvalue weighted by Gasteiger charge is -2.40. The van der Waals surface area contributed by atoms with Crippen molar-refractivity contribution in [3.63, 3.8) is 0 Å². The Morgan fingerprint density at radius 3 is 1.49 bits per heavy atom. The Kier molecular flexibility index (Phi) is 11.5. The maximum absolute atomic E-state index is 13.0. The van der Waals surface area contributed by atoms with Crippen LogP contribution < -0.4 is 36.1 Å². The van der Waals surface area contributed by atoms with Crippen LogP contribution in [0.1, 0.15) is 62.0 Å². The Hall–Kier alpha value is -7.58. The van der Waals surface area contributed by atoms with Crippen molar-refractivity contribution in [3.05, 3.63) is 121 Å². The standard InChI is InChI=1S/C26H28F2N6O2.C25H26F2N6O2.9H2/c1-17-3-6-20(13-22(17)32-25(35)34-12-11-33(2)26(16-34)9-10-26)31-24-29-14-19(15-30-24)18-4-7-21(8-5-18)36-23(27)28;1-16-2-5-19(12-21(16)32-24(34)33-11-10-30-25(15-33)8-9-25)31-23-28-13-18(14-29-23)17-3-6-20(7-4-17)35-22(26)27;;;;;;;;;/h3-8,13-15,23H,9-12,16H2,1-2H3,(H,32,35)(H,29,30,31);2-7,12-14,22,30H,8-11,15H2,1H3,(H,32,34)(H,28,29,31);9*1H/i;;8*1+1D;1+1. The summed E-state index contributed by atoms with van der Waals surface area (Å²) in [4.78, 5) is 49.4. The molecular formula is C51H72F4N12O4. The van der Waals surface area contributed by atoms with Gasteiger partial charge in [0.15, 0.2) is 0 Å². The molecular weight excluding hydrogens is 921 g/mol. The molecule has 2 aromatic heterocycles. The van der Waals surface area contributed by atoms with Gasteiger partial charge in [0.2, 0.25) is 11.9 Å². The molecule has 10 rings (SSSR count). The SMILES string of the molecule is Cc1ccc(Nc2ncc(-c3ccc(OC(F)F)cc3)cn2)cc1NC(=O)N1CCN(C)C2(CC2)C1.Cc1ccc(Nc2ncc(-c3ccc(OC(F)F)cc3)cn2)cc1NC(=O)N1CCNC2(CC2)C1.[2HH].[2H][2H].[2H][2H].[2H][2H].[2H][2H].[2H][2H].[2H][2H].[2H][2H].[2H][2H]. The minimum Gasteiger partial charge on any atom is -0.435 e. The van der Waals surface area contributed by atoms with Crippen LogP contribution in [0.15, 0.2) is 110 Å². The number of urea groups is 2. The third-order valence-corrected chi connectivity index (χ3v) is 13.2. The average Bonchev–Trinajstić information content (AvgIpc) is 3.67. The molecule has 4 heterocycles. The fourth-order valence-corrected chi connectivity index (χ4v) is 8.59. The second-order valence-electron chi connectivity index (χ2n) is 18.3. The van der Waals surface area contributed by atoms with E-state index in [1.165, 1.54) is 24.3 Å². The molecule has 4 fully saturated rings. The van der Waals surface area contributed by atoms with E-state index in [2.05, 4.69) is 67.9 Å². The third-order valence-electron chi connectivity index (χ3n) is 13.2. The second kappa shape index (κ2) is 20.8. The predicted molar refractivity (Wildman–Crippen MR) is 282 cm³/mol. The minimum atomic E-state index is -2.86. The number of nitrogens with one attached hydrogen (secondary N) is 5. The summed E-state index contributed by atoms with van der Waals surface area (Å²) >= 11 is 0. The molecule has 0 radical (unpaired) electrons. The highest BCUT2D eigenvalue weighted by atomic mass is 19.3. The quantitative estimate of drug-likeness (QED) is 0.0735. The monoisotopic (exact) mass is 1010 g/mol. The number of aryl methyl sites for hydroxylation is 2. The Labute approximate surface area is 434 Å². The summed E-state index contributed by atoms with van der Waals surface area (Å²) in [5.74, 6) is 0.974. The lowest BCUT2D eigenvalue weighted by atomic mass is 10.1. The maximum atomic E-state index is 13.0. The van der Waals surface area contributed by atoms with E-state index in [0.717, 1.165) is 108 Å². The molecule has 0 bridgehead atoms. The highest BCUT2D eigenvalue weighted by Gasteiger charge is 2.50. The third kappa shape index (κ3) is 12.2. The number of anilines is 6. The number of rotatable bonds is 12. The topological polar surface area (TPSA) is 174 Å². The Bertz CT molecular complexity index is 2880. The summed E-state index contributed by atoms with van der Waals surface area (Å²) in [6, 6.07) is 23.8. The molecule has 0 unspecified atom stereocenters. The lowest BCUT2D eigenvalue weighted by molar-refractivity contribution is -0.0505. The van der Waals surface area contributed by atoms with Crippen molar-refractivity contribution in [1.29, 1.82) is 0 Å². The van der Waals surface area contributed by atoms with E-state index in [-0.39, 0.29) is 36.1 Å². The smallest absolute Gasteiger partial charge is 0.387 e. The number of hydrogen-bond acceptors (Lipinski definition) is 12. The number of halogens is 4. The Morgan fingerprint density at radius 2 is 1.07 bits per heavy atom. The van der Waals surface area contributed by atoms with E-state index in [9.17, 15) is 27.2 Å². The molecule has 2 spiro atoms. The molecule has 0 atom stereocenters. The van der Waals surface area contributed by atoms with Gasteiger partial charge in [0, 0.05) is 134 Å². The van der Waals surface area contributed by atoms with Crippen LogP contribution in [0.25, 0.3) is 22.3 Å². The fourth-order valence-electron chi connectivity index (χ4n) is 8.59. The summed E-state index contributed by atoms with van der Waals surface area (Å²) < 4.78 is 138. The van der Waals surface area contributed by atoms with Crippen LogP contribution >= 0.6 is 0 Å². The fraction of sp³-hybridized carbons (Fsp3) is 0.333. The van der Waals surface area contributed by atoms with Gasteiger partial charge in [0.05, 0.1) is 0 Å². The van der Waals surface area contributed by atoms with Crippen molar-refractivity contribution in [2.75, 3.05) is 67.6 Å². The summed E-state index contributed by atoms with van der Waals surface area (Å²) in [6.45, 7) is 2.77. The van der Waals surface area contributed by atoms with E-state index in [1.54, 1.807) is 49.1 Å². The molecule has 2 aliphatic carbocycles. The normalized spacial score (nSPS) is 17.4. The Balaban J connectivity index is 0.00000139. The van der Waals surface area contributed by atoms with Crippen LogP contribution in [0.3, 0.4) is 0 Å². The van der Waals surface area contributed by atoms with Crippen LogP contribution in [-0.4, -0.2) is 117 Å². The number of nitrogens with zero attached hydrogens (tertiary/aromatic N) is 7. The van der Waals surface area contributed by atoms with Crippen molar-refractivity contribution in [2.24, 2.45) is 0 Å². The van der Waals surface area contributed by atoms with Gasteiger partial charge in [-0.2, -0.15) is 17.6 Å². The predicted octanol–water partition coefficient (Wildman–Crippen LogP) is 12.1. The van der Waals surface area contributed by atoms with E-state index < -0.39 is 13.2 Å².